The maximum atomic E-state index is 11.6. The summed E-state index contributed by atoms with van der Waals surface area (Å²) in [6.07, 6.45) is 2.60. The summed E-state index contributed by atoms with van der Waals surface area (Å²) >= 11 is 0. The molecule has 1 heterocycles. The van der Waals surface area contributed by atoms with Gasteiger partial charge in [-0.2, -0.15) is 0 Å². The number of H-pyrrole nitrogens is 1. The molecule has 4 nitrogen and oxygen atoms in total. The molecule has 4 heteroatoms. The Balaban J connectivity index is 2.82. The van der Waals surface area contributed by atoms with Crippen LogP contribution in [-0.2, 0) is 16.0 Å². The van der Waals surface area contributed by atoms with E-state index in [-0.39, 0.29) is 6.42 Å². The molecule has 0 aliphatic rings. The summed E-state index contributed by atoms with van der Waals surface area (Å²) in [5, 5.41) is 0. The van der Waals surface area contributed by atoms with E-state index in [0.717, 1.165) is 6.29 Å². The van der Waals surface area contributed by atoms with Gasteiger partial charge in [0, 0.05) is 12.6 Å². The Morgan fingerprint density at radius 3 is 2.73 bits per heavy atom. The molecule has 82 valence electrons. The van der Waals surface area contributed by atoms with Crippen LogP contribution in [0.1, 0.15) is 36.8 Å². The molecule has 0 saturated carbocycles. The summed E-state index contributed by atoms with van der Waals surface area (Å²) in [5.41, 5.74) is 0.497. The second kappa shape index (κ2) is 4.29. The van der Waals surface area contributed by atoms with Crippen LogP contribution in [0, 0.1) is 0 Å². The summed E-state index contributed by atoms with van der Waals surface area (Å²) in [7, 11) is 0. The van der Waals surface area contributed by atoms with E-state index in [9.17, 15) is 9.59 Å². The summed E-state index contributed by atoms with van der Waals surface area (Å²) in [4.78, 5) is 24.8. The topological polar surface area (TPSA) is 59.2 Å². The number of aldehydes is 1. The standard InChI is InChI=1S/C11H15NO3/c1-11(2,3)15-10(14)9-8(5-7-13)4-6-12-9/h4,6-7,12H,5H2,1-3H3. The van der Waals surface area contributed by atoms with Crippen molar-refractivity contribution in [2.24, 2.45) is 0 Å². The predicted molar refractivity (Wildman–Crippen MR) is 55.7 cm³/mol. The zero-order valence-corrected chi connectivity index (χ0v) is 9.16. The lowest BCUT2D eigenvalue weighted by Crippen LogP contribution is -2.24. The molecule has 0 aromatic carbocycles. The van der Waals surface area contributed by atoms with Crippen LogP contribution < -0.4 is 0 Å². The van der Waals surface area contributed by atoms with Gasteiger partial charge >= 0.3 is 5.97 Å². The van der Waals surface area contributed by atoms with Crippen LogP contribution in [0.2, 0.25) is 0 Å². The molecule has 1 rings (SSSR count). The fraction of sp³-hybridized carbons (Fsp3) is 0.455. The van der Waals surface area contributed by atoms with E-state index in [4.69, 9.17) is 4.74 Å². The van der Waals surface area contributed by atoms with Crippen LogP contribution in [0.25, 0.3) is 0 Å². The van der Waals surface area contributed by atoms with E-state index in [1.807, 2.05) is 0 Å². The number of hydrogen-bond donors (Lipinski definition) is 1. The highest BCUT2D eigenvalue weighted by molar-refractivity contribution is 5.90. The number of ether oxygens (including phenoxy) is 1. The minimum atomic E-state index is -0.527. The average Bonchev–Trinajstić information content (AvgIpc) is 2.49. The van der Waals surface area contributed by atoms with E-state index in [1.54, 1.807) is 33.0 Å². The lowest BCUT2D eigenvalue weighted by molar-refractivity contribution is -0.107. The number of rotatable bonds is 3. The van der Waals surface area contributed by atoms with Crippen LogP contribution in [0.4, 0.5) is 0 Å². The van der Waals surface area contributed by atoms with Crippen molar-refractivity contribution in [3.8, 4) is 0 Å². The number of aromatic nitrogens is 1. The minimum Gasteiger partial charge on any atom is -0.455 e. The molecule has 0 aliphatic carbocycles. The minimum absolute atomic E-state index is 0.220. The van der Waals surface area contributed by atoms with Crippen molar-refractivity contribution >= 4 is 12.3 Å². The van der Waals surface area contributed by atoms with E-state index in [0.29, 0.717) is 11.3 Å². The summed E-state index contributed by atoms with van der Waals surface area (Å²) in [5.74, 6) is -0.427. The summed E-state index contributed by atoms with van der Waals surface area (Å²) < 4.78 is 5.18. The number of aromatic amines is 1. The van der Waals surface area contributed by atoms with Gasteiger partial charge in [-0.1, -0.05) is 0 Å². The van der Waals surface area contributed by atoms with Gasteiger partial charge in [0.25, 0.3) is 0 Å². The van der Waals surface area contributed by atoms with Gasteiger partial charge in [-0.25, -0.2) is 4.79 Å². The predicted octanol–water partition coefficient (Wildman–Crippen LogP) is 1.71. The smallest absolute Gasteiger partial charge is 0.355 e. The first-order valence-electron chi connectivity index (χ1n) is 4.77. The Kier molecular flexibility index (Phi) is 3.29. The van der Waals surface area contributed by atoms with Crippen molar-refractivity contribution in [1.82, 2.24) is 4.98 Å². The highest BCUT2D eigenvalue weighted by atomic mass is 16.6. The van der Waals surface area contributed by atoms with Gasteiger partial charge in [-0.05, 0) is 32.4 Å². The van der Waals surface area contributed by atoms with Crippen molar-refractivity contribution in [1.29, 1.82) is 0 Å². The molecular formula is C11H15NO3. The Bertz CT molecular complexity index is 360. The highest BCUT2D eigenvalue weighted by Crippen LogP contribution is 2.14. The third-order valence-corrected chi connectivity index (χ3v) is 1.74. The van der Waals surface area contributed by atoms with Crippen LogP contribution >= 0.6 is 0 Å². The van der Waals surface area contributed by atoms with Crippen LogP contribution in [0.3, 0.4) is 0 Å². The fourth-order valence-electron chi connectivity index (χ4n) is 1.18. The van der Waals surface area contributed by atoms with Crippen LogP contribution in [-0.4, -0.2) is 22.8 Å². The number of carbonyl (C=O) groups excluding carboxylic acids is 2. The van der Waals surface area contributed by atoms with Crippen molar-refractivity contribution in [2.75, 3.05) is 0 Å². The van der Waals surface area contributed by atoms with E-state index < -0.39 is 11.6 Å². The molecule has 0 unspecified atom stereocenters. The summed E-state index contributed by atoms with van der Waals surface area (Å²) in [6.45, 7) is 5.40. The monoisotopic (exact) mass is 209 g/mol. The third-order valence-electron chi connectivity index (χ3n) is 1.74. The molecule has 0 amide bonds. The molecule has 0 spiro atoms. The van der Waals surface area contributed by atoms with Crippen LogP contribution in [0.5, 0.6) is 0 Å². The number of esters is 1. The molecule has 0 fully saturated rings. The number of hydrogen-bond acceptors (Lipinski definition) is 3. The van der Waals surface area contributed by atoms with Gasteiger partial charge in [0.05, 0.1) is 0 Å². The van der Waals surface area contributed by atoms with Gasteiger partial charge in [-0.3, -0.25) is 0 Å². The van der Waals surface area contributed by atoms with Gasteiger partial charge in [-0.15, -0.1) is 0 Å². The molecule has 0 radical (unpaired) electrons. The molecule has 0 bridgehead atoms. The molecule has 0 atom stereocenters. The quantitative estimate of drug-likeness (QED) is 0.609. The highest BCUT2D eigenvalue weighted by Gasteiger charge is 2.20. The molecule has 1 aromatic rings. The van der Waals surface area contributed by atoms with Crippen molar-refractivity contribution in [3.63, 3.8) is 0 Å². The molecule has 1 N–H and O–H groups in total. The van der Waals surface area contributed by atoms with E-state index >= 15 is 0 Å². The second-order valence-corrected chi connectivity index (χ2v) is 4.25. The van der Waals surface area contributed by atoms with Gasteiger partial charge in [0.15, 0.2) is 0 Å². The Labute approximate surface area is 88.6 Å². The lowest BCUT2D eigenvalue weighted by Gasteiger charge is -2.19. The summed E-state index contributed by atoms with van der Waals surface area (Å²) in [6, 6.07) is 1.70. The first-order valence-corrected chi connectivity index (χ1v) is 4.77. The fourth-order valence-corrected chi connectivity index (χ4v) is 1.18. The normalized spacial score (nSPS) is 11.1. The zero-order valence-electron chi connectivity index (χ0n) is 9.16. The third kappa shape index (κ3) is 3.23. The van der Waals surface area contributed by atoms with Gasteiger partial charge < -0.3 is 14.5 Å². The largest absolute Gasteiger partial charge is 0.455 e. The Morgan fingerprint density at radius 2 is 2.20 bits per heavy atom. The van der Waals surface area contributed by atoms with Gasteiger partial charge in [0.2, 0.25) is 0 Å². The van der Waals surface area contributed by atoms with Crippen LogP contribution in [0.15, 0.2) is 12.3 Å². The molecular weight excluding hydrogens is 194 g/mol. The number of nitrogens with one attached hydrogen (secondary N) is 1. The number of carbonyl (C=O) groups is 2. The first-order chi connectivity index (χ1) is 6.94. The maximum absolute atomic E-state index is 11.6. The first kappa shape index (κ1) is 11.5. The molecule has 0 saturated heterocycles. The van der Waals surface area contributed by atoms with Crippen molar-refractivity contribution in [2.45, 2.75) is 32.8 Å². The zero-order chi connectivity index (χ0) is 11.5. The molecule has 15 heavy (non-hydrogen) atoms. The Morgan fingerprint density at radius 1 is 1.53 bits per heavy atom. The van der Waals surface area contributed by atoms with E-state index in [1.165, 1.54) is 0 Å². The Hall–Kier alpha value is -1.58. The van der Waals surface area contributed by atoms with Crippen molar-refractivity contribution < 1.29 is 14.3 Å². The maximum Gasteiger partial charge on any atom is 0.355 e. The average molecular weight is 209 g/mol. The molecule has 0 aliphatic heterocycles. The lowest BCUT2D eigenvalue weighted by atomic mass is 10.1. The van der Waals surface area contributed by atoms with Crippen molar-refractivity contribution in [3.05, 3.63) is 23.5 Å². The van der Waals surface area contributed by atoms with Gasteiger partial charge in [0.1, 0.15) is 17.6 Å². The van der Waals surface area contributed by atoms with E-state index in [2.05, 4.69) is 4.98 Å². The second-order valence-electron chi connectivity index (χ2n) is 4.25. The molecule has 1 aromatic heterocycles. The SMILES string of the molecule is CC(C)(C)OC(=O)c1[nH]ccc1CC=O.